The highest BCUT2D eigenvalue weighted by atomic mass is 16.7. The molecule has 3 aromatic rings. The van der Waals surface area contributed by atoms with E-state index in [-0.39, 0.29) is 5.75 Å². The van der Waals surface area contributed by atoms with Gasteiger partial charge in [-0.25, -0.2) is 19.0 Å². The minimum Gasteiger partial charge on any atom is -0.444 e. The molecule has 0 fully saturated rings. The molecule has 1 aliphatic rings. The van der Waals surface area contributed by atoms with Crippen molar-refractivity contribution in [2.45, 2.75) is 98.5 Å². The third kappa shape index (κ3) is 6.83. The first-order valence-electron chi connectivity index (χ1n) is 14.0. The zero-order valence-electron chi connectivity index (χ0n) is 26.0. The summed E-state index contributed by atoms with van der Waals surface area (Å²) in [5.41, 5.74) is 0.515. The molecule has 42 heavy (non-hydrogen) atoms. The van der Waals surface area contributed by atoms with Gasteiger partial charge in [-0.3, -0.25) is 0 Å². The van der Waals surface area contributed by atoms with Crippen LogP contribution in [0.1, 0.15) is 86.5 Å². The van der Waals surface area contributed by atoms with E-state index in [1.807, 2.05) is 27.7 Å². The van der Waals surface area contributed by atoms with Gasteiger partial charge in [-0.05, 0) is 87.4 Å². The number of hydrogen-bond acceptors (Lipinski definition) is 9. The Labute approximate surface area is 246 Å². The van der Waals surface area contributed by atoms with Crippen LogP contribution >= 0.6 is 0 Å². The number of carbonyl (C=O) groups is 3. The molecule has 1 unspecified atom stereocenters. The largest absolute Gasteiger partial charge is 0.514 e. The maximum absolute atomic E-state index is 13.5. The van der Waals surface area contributed by atoms with Crippen LogP contribution in [0.5, 0.6) is 5.75 Å². The second-order valence-corrected chi connectivity index (χ2v) is 13.3. The van der Waals surface area contributed by atoms with Gasteiger partial charge in [0.2, 0.25) is 0 Å². The van der Waals surface area contributed by atoms with Crippen molar-refractivity contribution < 1.29 is 33.3 Å². The molecule has 0 saturated heterocycles. The average Bonchev–Trinajstić information content (AvgIpc) is 3.15. The predicted octanol–water partition coefficient (Wildman–Crippen LogP) is 7.05. The van der Waals surface area contributed by atoms with Crippen LogP contribution in [0.2, 0.25) is 0 Å². The first-order chi connectivity index (χ1) is 19.3. The summed E-state index contributed by atoms with van der Waals surface area (Å²) in [7, 11) is 0. The van der Waals surface area contributed by atoms with Crippen molar-refractivity contribution in [3.63, 3.8) is 0 Å². The fourth-order valence-electron chi connectivity index (χ4n) is 4.77. The number of ether oxygens (including phenoxy) is 4. The Morgan fingerprint density at radius 3 is 2.05 bits per heavy atom. The van der Waals surface area contributed by atoms with Crippen molar-refractivity contribution in [1.29, 1.82) is 0 Å². The number of hydrogen-bond donors (Lipinski definition) is 0. The Kier molecular flexibility index (Phi) is 8.01. The van der Waals surface area contributed by atoms with E-state index in [0.717, 1.165) is 5.56 Å². The molecule has 4 rings (SSSR count). The molecule has 0 aliphatic carbocycles. The Morgan fingerprint density at radius 1 is 0.833 bits per heavy atom. The van der Waals surface area contributed by atoms with E-state index in [1.54, 1.807) is 76.8 Å². The summed E-state index contributed by atoms with van der Waals surface area (Å²) in [5, 5.41) is 9.50. The molecule has 226 valence electrons. The second kappa shape index (κ2) is 10.9. The van der Waals surface area contributed by atoms with Gasteiger partial charge < -0.3 is 23.8 Å². The maximum atomic E-state index is 13.5. The summed E-state index contributed by atoms with van der Waals surface area (Å²) in [5.74, 6) is 0.240. The zero-order chi connectivity index (χ0) is 31.2. The highest BCUT2D eigenvalue weighted by molar-refractivity contribution is 5.94. The third-order valence-corrected chi connectivity index (χ3v) is 6.28. The van der Waals surface area contributed by atoms with E-state index in [2.05, 4.69) is 10.2 Å². The predicted molar refractivity (Wildman–Crippen MR) is 157 cm³/mol. The molecule has 1 aromatic carbocycles. The molecule has 1 aliphatic heterocycles. The summed E-state index contributed by atoms with van der Waals surface area (Å²) in [6, 6.07) is 8.26. The van der Waals surface area contributed by atoms with Gasteiger partial charge in [-0.2, -0.15) is 0 Å². The van der Waals surface area contributed by atoms with Gasteiger partial charge in [0.05, 0.1) is 11.7 Å². The number of rotatable bonds is 2. The van der Waals surface area contributed by atoms with Crippen molar-refractivity contribution >= 4 is 29.4 Å². The van der Waals surface area contributed by atoms with Gasteiger partial charge in [-0.1, -0.05) is 12.1 Å². The number of aromatic nitrogens is 3. The van der Waals surface area contributed by atoms with E-state index in [9.17, 15) is 14.4 Å². The number of amides is 1. The van der Waals surface area contributed by atoms with Crippen molar-refractivity contribution in [3.05, 3.63) is 41.6 Å². The number of fused-ring (bicyclic) bond motifs is 3. The highest BCUT2D eigenvalue weighted by Crippen LogP contribution is 2.40. The van der Waals surface area contributed by atoms with E-state index in [4.69, 9.17) is 18.9 Å². The number of para-hydroxylation sites is 1. The molecular weight excluding hydrogens is 540 g/mol. The lowest BCUT2D eigenvalue weighted by molar-refractivity contribution is 0.0156. The van der Waals surface area contributed by atoms with E-state index >= 15 is 0 Å². The van der Waals surface area contributed by atoms with Crippen LogP contribution in [0.25, 0.3) is 22.3 Å². The summed E-state index contributed by atoms with van der Waals surface area (Å²) in [6.45, 7) is 18.3. The van der Waals surface area contributed by atoms with Crippen LogP contribution in [0.4, 0.5) is 14.4 Å². The summed E-state index contributed by atoms with van der Waals surface area (Å²) < 4.78 is 23.7. The zero-order valence-corrected chi connectivity index (χ0v) is 26.0. The lowest BCUT2D eigenvalue weighted by Crippen LogP contribution is -2.42. The van der Waals surface area contributed by atoms with Crippen LogP contribution in [0.3, 0.4) is 0 Å². The Hall–Kier alpha value is -4.15. The molecule has 0 radical (unpaired) electrons. The van der Waals surface area contributed by atoms with Crippen molar-refractivity contribution in [1.82, 2.24) is 19.7 Å². The Balaban J connectivity index is 1.85. The minimum absolute atomic E-state index is 0.240. The molecule has 0 saturated carbocycles. The molecule has 2 aromatic heterocycles. The van der Waals surface area contributed by atoms with E-state index < -0.39 is 41.2 Å². The molecule has 1 amide bonds. The van der Waals surface area contributed by atoms with Gasteiger partial charge >= 0.3 is 18.3 Å². The average molecular weight is 581 g/mol. The lowest BCUT2D eigenvalue weighted by Gasteiger charge is -2.35. The Bertz CT molecular complexity index is 1520. The normalized spacial score (nSPS) is 15.7. The molecular formula is C31H40N4O7. The fourth-order valence-corrected chi connectivity index (χ4v) is 4.77. The molecule has 0 spiro atoms. The number of nitrogens with zero attached hydrogens (tertiary/aromatic N) is 4. The van der Waals surface area contributed by atoms with Crippen LogP contribution in [0.15, 0.2) is 30.3 Å². The molecule has 11 heteroatoms. The summed E-state index contributed by atoms with van der Waals surface area (Å²) >= 11 is 0. The highest BCUT2D eigenvalue weighted by Gasteiger charge is 2.37. The first-order valence-corrected chi connectivity index (χ1v) is 14.0. The van der Waals surface area contributed by atoms with Crippen molar-refractivity contribution in [3.8, 4) is 17.0 Å². The fraction of sp³-hybridized carbons (Fsp3) is 0.516. The smallest absolute Gasteiger partial charge is 0.444 e. The van der Waals surface area contributed by atoms with Crippen molar-refractivity contribution in [2.75, 3.05) is 6.54 Å². The standard InChI is InChI=1S/C31H40N4O7/c1-18-24-20-17-21(19-13-11-12-14-23(19)39-28(38)42-31(8,9)10)32-33-25(20)35(27(37)41-30(5,6)7)22(24)15-16-34(18)26(36)40-29(2,3)4/h11-14,17-18H,15-16H2,1-10H3. The number of benzene rings is 1. The lowest BCUT2D eigenvalue weighted by atomic mass is 9.97. The monoisotopic (exact) mass is 580 g/mol. The maximum Gasteiger partial charge on any atom is 0.514 e. The molecule has 0 bridgehead atoms. The van der Waals surface area contributed by atoms with Crippen LogP contribution < -0.4 is 4.74 Å². The van der Waals surface area contributed by atoms with Crippen molar-refractivity contribution in [2.24, 2.45) is 0 Å². The number of carbonyl (C=O) groups excluding carboxylic acids is 3. The Morgan fingerprint density at radius 2 is 1.43 bits per heavy atom. The van der Waals surface area contributed by atoms with Crippen LogP contribution in [0, 0.1) is 0 Å². The SMILES string of the molecule is CC1c2c(n(C(=O)OC(C)(C)C)c3nnc(-c4ccccc4OC(=O)OC(C)(C)C)cc23)CCN1C(=O)OC(C)(C)C. The summed E-state index contributed by atoms with van der Waals surface area (Å²) in [4.78, 5) is 40.7. The topological polar surface area (TPSA) is 122 Å². The molecule has 3 heterocycles. The van der Waals surface area contributed by atoms with Gasteiger partial charge in [0.15, 0.2) is 5.65 Å². The third-order valence-electron chi connectivity index (χ3n) is 6.28. The molecule has 0 N–H and O–H groups in total. The van der Waals surface area contributed by atoms with E-state index in [1.165, 1.54) is 4.57 Å². The van der Waals surface area contributed by atoms with Gasteiger partial charge in [0.1, 0.15) is 22.6 Å². The first kappa shape index (κ1) is 30.8. The molecule has 11 nitrogen and oxygen atoms in total. The van der Waals surface area contributed by atoms with Crippen LogP contribution in [-0.2, 0) is 20.6 Å². The van der Waals surface area contributed by atoms with Crippen LogP contribution in [-0.4, -0.2) is 61.4 Å². The van der Waals surface area contributed by atoms with Gasteiger partial charge in [0, 0.05) is 35.2 Å². The quantitative estimate of drug-likeness (QED) is 0.178. The van der Waals surface area contributed by atoms with E-state index in [0.29, 0.717) is 41.0 Å². The van der Waals surface area contributed by atoms with Gasteiger partial charge in [0.25, 0.3) is 0 Å². The summed E-state index contributed by atoms with van der Waals surface area (Å²) in [6.07, 6.45) is -1.50. The van der Waals surface area contributed by atoms with Gasteiger partial charge in [-0.15, -0.1) is 10.2 Å². The molecule has 1 atom stereocenters. The minimum atomic E-state index is -0.848. The second-order valence-electron chi connectivity index (χ2n) is 13.3.